The van der Waals surface area contributed by atoms with Crippen molar-refractivity contribution in [2.75, 3.05) is 13.2 Å². The van der Waals surface area contributed by atoms with Gasteiger partial charge >= 0.3 is 0 Å². The molecule has 1 aliphatic carbocycles. The number of aromatic nitrogens is 2. The van der Waals surface area contributed by atoms with Gasteiger partial charge in [-0.2, -0.15) is 0 Å². The first-order valence-electron chi connectivity index (χ1n) is 15.9. The van der Waals surface area contributed by atoms with E-state index in [0.29, 0.717) is 0 Å². The van der Waals surface area contributed by atoms with Crippen molar-refractivity contribution in [3.8, 4) is 32.6 Å². The van der Waals surface area contributed by atoms with Gasteiger partial charge in [-0.15, -0.1) is 10.2 Å². The highest BCUT2D eigenvalue weighted by atomic mass is 32.1. The van der Waals surface area contributed by atoms with Crippen molar-refractivity contribution in [1.29, 1.82) is 0 Å². The van der Waals surface area contributed by atoms with Crippen molar-refractivity contribution in [1.82, 2.24) is 10.2 Å². The Bertz CT molecular complexity index is 1160. The first-order valence-corrected chi connectivity index (χ1v) is 16.7. The Balaban J connectivity index is 1.25. The van der Waals surface area contributed by atoms with E-state index in [4.69, 9.17) is 14.2 Å². The van der Waals surface area contributed by atoms with Crippen molar-refractivity contribution in [2.45, 2.75) is 110 Å². The molecule has 5 nitrogen and oxygen atoms in total. The highest BCUT2D eigenvalue weighted by Gasteiger charge is 2.33. The zero-order chi connectivity index (χ0) is 28.6. The van der Waals surface area contributed by atoms with Gasteiger partial charge in [-0.1, -0.05) is 95.5 Å². The lowest BCUT2D eigenvalue weighted by Crippen LogP contribution is -2.35. The Morgan fingerprint density at radius 3 is 1.76 bits per heavy atom. The quantitative estimate of drug-likeness (QED) is 0.0761. The maximum absolute atomic E-state index is 6.39. The minimum absolute atomic E-state index is 0.647. The number of benzene rings is 2. The van der Waals surface area contributed by atoms with Crippen molar-refractivity contribution < 1.29 is 14.2 Å². The summed E-state index contributed by atoms with van der Waals surface area (Å²) in [6.45, 7) is 6.01. The summed E-state index contributed by atoms with van der Waals surface area (Å²) >= 11 is 1.59. The monoisotopic (exact) mass is 576 g/mol. The molecule has 0 aliphatic heterocycles. The molecule has 2 aromatic carbocycles. The van der Waals surface area contributed by atoms with Crippen LogP contribution in [0.3, 0.4) is 0 Å². The average molecular weight is 577 g/mol. The second-order valence-electron chi connectivity index (χ2n) is 11.0. The summed E-state index contributed by atoms with van der Waals surface area (Å²) in [5, 5.41) is 10.7. The zero-order valence-corrected chi connectivity index (χ0v) is 25.9. The van der Waals surface area contributed by atoms with E-state index in [-0.39, 0.29) is 0 Å². The van der Waals surface area contributed by atoms with Gasteiger partial charge in [-0.3, -0.25) is 0 Å². The largest absolute Gasteiger partial charge is 0.494 e. The topological polar surface area (TPSA) is 53.5 Å². The molecule has 1 aromatic heterocycles. The number of hydrogen-bond acceptors (Lipinski definition) is 6. The van der Waals surface area contributed by atoms with Gasteiger partial charge in [0.05, 0.1) is 13.2 Å². The summed E-state index contributed by atoms with van der Waals surface area (Å²) < 4.78 is 18.6. The average Bonchev–Trinajstić information content (AvgIpc) is 3.68. The summed E-state index contributed by atoms with van der Waals surface area (Å²) in [6, 6.07) is 16.3. The van der Waals surface area contributed by atoms with Crippen molar-refractivity contribution in [3.63, 3.8) is 0 Å². The van der Waals surface area contributed by atoms with Crippen LogP contribution in [0.5, 0.6) is 11.5 Å². The number of ether oxygens (including phenoxy) is 3. The van der Waals surface area contributed by atoms with Gasteiger partial charge in [-0.25, -0.2) is 0 Å². The molecule has 222 valence electrons. The van der Waals surface area contributed by atoms with Crippen LogP contribution in [0.25, 0.3) is 21.1 Å². The second kappa shape index (κ2) is 17.3. The molecule has 0 saturated carbocycles. The minimum Gasteiger partial charge on any atom is -0.494 e. The van der Waals surface area contributed by atoms with Gasteiger partial charge in [-0.05, 0) is 73.9 Å². The standard InChI is InChI=1S/C35H48N2O3S/c1-3-5-7-9-11-15-27-38-31-21-17-29(18-22-31)33-36-37-34(41-33)30-19-23-32(24-20-30)40-35(25-13-14-26-35)39-28-16-12-10-8-6-4-2/h13,17-25H,3-12,14-16,26-28H2,1-2H3. The summed E-state index contributed by atoms with van der Waals surface area (Å²) in [5.41, 5.74) is 2.09. The molecule has 0 N–H and O–H groups in total. The molecule has 1 heterocycles. The number of hydrogen-bond donors (Lipinski definition) is 0. The van der Waals surface area contributed by atoms with Crippen molar-refractivity contribution >= 4 is 11.3 Å². The number of rotatable bonds is 20. The molecule has 41 heavy (non-hydrogen) atoms. The fraction of sp³-hybridized carbons (Fsp3) is 0.543. The van der Waals surface area contributed by atoms with Gasteiger partial charge in [0.15, 0.2) is 0 Å². The fourth-order valence-electron chi connectivity index (χ4n) is 5.08. The van der Waals surface area contributed by atoms with E-state index in [1.54, 1.807) is 11.3 Å². The highest BCUT2D eigenvalue weighted by Crippen LogP contribution is 2.34. The van der Waals surface area contributed by atoms with E-state index in [2.05, 4.69) is 60.5 Å². The Morgan fingerprint density at radius 2 is 1.20 bits per heavy atom. The predicted molar refractivity (Wildman–Crippen MR) is 171 cm³/mol. The van der Waals surface area contributed by atoms with Gasteiger partial charge < -0.3 is 14.2 Å². The Hall–Kier alpha value is -2.70. The van der Waals surface area contributed by atoms with E-state index in [1.807, 2.05) is 24.3 Å². The SMILES string of the molecule is CCCCCCCCOc1ccc(-c2nnc(-c3ccc(OC4(OCCCCCCCC)C=CCC4)cc3)s2)cc1. The first-order chi connectivity index (χ1) is 20.2. The van der Waals surface area contributed by atoms with Crippen LogP contribution >= 0.6 is 11.3 Å². The second-order valence-corrected chi connectivity index (χ2v) is 12.0. The summed E-state index contributed by atoms with van der Waals surface area (Å²) in [5.74, 6) is 1.07. The van der Waals surface area contributed by atoms with Gasteiger partial charge in [0.1, 0.15) is 21.5 Å². The molecule has 0 fully saturated rings. The summed E-state index contributed by atoms with van der Waals surface area (Å²) in [6.07, 6.45) is 21.2. The summed E-state index contributed by atoms with van der Waals surface area (Å²) in [7, 11) is 0. The van der Waals surface area contributed by atoms with Crippen LogP contribution < -0.4 is 9.47 Å². The van der Waals surface area contributed by atoms with Crippen LogP contribution in [0.2, 0.25) is 0 Å². The van der Waals surface area contributed by atoms with E-state index in [9.17, 15) is 0 Å². The van der Waals surface area contributed by atoms with Crippen LogP contribution in [0, 0.1) is 0 Å². The normalized spacial score (nSPS) is 16.3. The molecule has 1 atom stereocenters. The molecule has 0 saturated heterocycles. The third-order valence-corrected chi connectivity index (χ3v) is 8.58. The number of unbranched alkanes of at least 4 members (excludes halogenated alkanes) is 10. The molecule has 1 unspecified atom stereocenters. The molecule has 4 rings (SSSR count). The Kier molecular flexibility index (Phi) is 13.2. The van der Waals surface area contributed by atoms with Gasteiger partial charge in [0.25, 0.3) is 0 Å². The molecule has 0 spiro atoms. The molecule has 0 radical (unpaired) electrons. The molecule has 0 amide bonds. The van der Waals surface area contributed by atoms with Crippen LogP contribution in [0.4, 0.5) is 0 Å². The van der Waals surface area contributed by atoms with Gasteiger partial charge in [0.2, 0.25) is 5.79 Å². The van der Waals surface area contributed by atoms with E-state index >= 15 is 0 Å². The first kappa shape index (κ1) is 31.2. The van der Waals surface area contributed by atoms with Crippen molar-refractivity contribution in [3.05, 3.63) is 60.7 Å². The lowest BCUT2D eigenvalue weighted by Gasteiger charge is -2.29. The minimum atomic E-state index is -0.647. The third kappa shape index (κ3) is 10.3. The van der Waals surface area contributed by atoms with Crippen LogP contribution in [-0.2, 0) is 4.74 Å². The highest BCUT2D eigenvalue weighted by molar-refractivity contribution is 7.17. The maximum Gasteiger partial charge on any atom is 0.230 e. The van der Waals surface area contributed by atoms with Crippen LogP contribution in [-0.4, -0.2) is 29.2 Å². The van der Waals surface area contributed by atoms with Crippen LogP contribution in [0.1, 0.15) is 104 Å². The molecule has 1 aliphatic rings. The Labute approximate surface area is 251 Å². The molecule has 0 bridgehead atoms. The van der Waals surface area contributed by atoms with Crippen molar-refractivity contribution in [2.24, 2.45) is 0 Å². The lowest BCUT2D eigenvalue weighted by molar-refractivity contribution is -0.146. The zero-order valence-electron chi connectivity index (χ0n) is 25.1. The van der Waals surface area contributed by atoms with E-state index in [1.165, 1.54) is 64.2 Å². The molecule has 6 heteroatoms. The molecular formula is C35H48N2O3S. The fourth-order valence-corrected chi connectivity index (χ4v) is 5.93. The van der Waals surface area contributed by atoms with E-state index < -0.39 is 5.79 Å². The Morgan fingerprint density at radius 1 is 0.659 bits per heavy atom. The predicted octanol–water partition coefficient (Wildman–Crippen LogP) is 10.4. The van der Waals surface area contributed by atoms with Gasteiger partial charge in [0, 0.05) is 17.5 Å². The maximum atomic E-state index is 6.39. The number of nitrogens with zero attached hydrogens (tertiary/aromatic N) is 2. The molecule has 3 aromatic rings. The smallest absolute Gasteiger partial charge is 0.230 e. The van der Waals surface area contributed by atoms with Crippen LogP contribution in [0.15, 0.2) is 60.7 Å². The lowest BCUT2D eigenvalue weighted by atomic mass is 10.1. The summed E-state index contributed by atoms with van der Waals surface area (Å²) in [4.78, 5) is 0. The van der Waals surface area contributed by atoms with E-state index in [0.717, 1.165) is 71.5 Å². The molecular weight excluding hydrogens is 528 g/mol. The third-order valence-electron chi connectivity index (χ3n) is 7.56. The number of allylic oxidation sites excluding steroid dienone is 1.